The number of aromatic nitrogens is 2. The van der Waals surface area contributed by atoms with Crippen LogP contribution in [-0.4, -0.2) is 63.9 Å². The van der Waals surface area contributed by atoms with Gasteiger partial charge in [-0.15, -0.1) is 0 Å². The minimum absolute atomic E-state index is 0.0168. The standard InChI is InChI=1S/C42H39Cl2N7O2/c1-25-7-6-19-51-38(27-11-13-28(43)14-12-27)31-23-29(44)24-33-35(31)36(39(51)34(25)26-8-3-2-4-9-26)37(47-33)41(52)48-32-10-5-17-45-40(32)49-20-15-30(16-21-49)50-22-18-46-42(50)53/h2-6,8-14,17,19,23-25,30,38,47H,7,15-16,18,20-22H2,1H3,(H,46,53)(H,48,52). The summed E-state index contributed by atoms with van der Waals surface area (Å²) in [5, 5.41) is 8.41. The third-order valence-electron chi connectivity index (χ3n) is 11.1. The topological polar surface area (TPSA) is 96.6 Å². The van der Waals surface area contributed by atoms with Crippen molar-refractivity contribution in [2.45, 2.75) is 38.3 Å². The van der Waals surface area contributed by atoms with Crippen molar-refractivity contribution in [2.24, 2.45) is 5.92 Å². The average molecular weight is 745 g/mol. The van der Waals surface area contributed by atoms with Crippen molar-refractivity contribution in [3.05, 3.63) is 135 Å². The highest BCUT2D eigenvalue weighted by atomic mass is 35.5. The zero-order chi connectivity index (χ0) is 36.2. The summed E-state index contributed by atoms with van der Waals surface area (Å²) in [6.07, 6.45) is 8.66. The summed E-state index contributed by atoms with van der Waals surface area (Å²) in [6, 6.07) is 26.1. The molecular weight excluding hydrogens is 705 g/mol. The van der Waals surface area contributed by atoms with Crippen LogP contribution in [0.15, 0.2) is 97.3 Å². The minimum atomic E-state index is -0.262. The molecule has 6 heterocycles. The number of H-pyrrole nitrogens is 1. The van der Waals surface area contributed by atoms with Gasteiger partial charge in [0.25, 0.3) is 5.91 Å². The molecule has 4 aliphatic heterocycles. The number of urea groups is 1. The van der Waals surface area contributed by atoms with Crippen LogP contribution < -0.4 is 15.5 Å². The number of halogens is 2. The van der Waals surface area contributed by atoms with Crippen molar-refractivity contribution in [3.63, 3.8) is 0 Å². The average Bonchev–Trinajstić information content (AvgIpc) is 3.73. The fourth-order valence-electron chi connectivity index (χ4n) is 8.70. The first-order valence-electron chi connectivity index (χ1n) is 18.3. The Bertz CT molecular complexity index is 2290. The van der Waals surface area contributed by atoms with Crippen LogP contribution in [-0.2, 0) is 0 Å². The highest BCUT2D eigenvalue weighted by molar-refractivity contribution is 6.32. The van der Waals surface area contributed by atoms with Gasteiger partial charge in [0.2, 0.25) is 0 Å². The lowest BCUT2D eigenvalue weighted by molar-refractivity contribution is 0.102. The van der Waals surface area contributed by atoms with E-state index in [4.69, 9.17) is 28.2 Å². The van der Waals surface area contributed by atoms with Gasteiger partial charge in [-0.2, -0.15) is 0 Å². The third kappa shape index (κ3) is 5.92. The first-order valence-corrected chi connectivity index (χ1v) is 19.0. The van der Waals surface area contributed by atoms with Gasteiger partial charge in [0.1, 0.15) is 5.69 Å². The van der Waals surface area contributed by atoms with Gasteiger partial charge < -0.3 is 30.3 Å². The van der Waals surface area contributed by atoms with Crippen LogP contribution in [0.1, 0.15) is 65.0 Å². The van der Waals surface area contributed by atoms with E-state index in [2.05, 4.69) is 81.0 Å². The van der Waals surface area contributed by atoms with Crippen molar-refractivity contribution < 1.29 is 9.59 Å². The largest absolute Gasteiger partial charge is 0.355 e. The second kappa shape index (κ2) is 13.6. The molecule has 4 aliphatic rings. The predicted octanol–water partition coefficient (Wildman–Crippen LogP) is 8.94. The number of hydrogen-bond acceptors (Lipinski definition) is 5. The van der Waals surface area contributed by atoms with Crippen LogP contribution in [0.5, 0.6) is 0 Å². The van der Waals surface area contributed by atoms with Gasteiger partial charge in [0, 0.05) is 71.1 Å². The minimum Gasteiger partial charge on any atom is -0.355 e. The summed E-state index contributed by atoms with van der Waals surface area (Å²) in [5.41, 5.74) is 8.08. The van der Waals surface area contributed by atoms with Crippen LogP contribution in [0.4, 0.5) is 16.3 Å². The number of fused-ring (bicyclic) bond motifs is 2. The summed E-state index contributed by atoms with van der Waals surface area (Å²) < 4.78 is 0. The number of amides is 3. The number of hydrogen-bond donors (Lipinski definition) is 3. The maximum absolute atomic E-state index is 14.8. The van der Waals surface area contributed by atoms with Crippen molar-refractivity contribution in [3.8, 4) is 0 Å². The molecule has 3 amide bonds. The quantitative estimate of drug-likeness (QED) is 0.161. The Morgan fingerprint density at radius 1 is 0.943 bits per heavy atom. The molecule has 2 fully saturated rings. The molecule has 0 saturated carbocycles. The number of benzene rings is 3. The lowest BCUT2D eigenvalue weighted by Crippen LogP contribution is -2.46. The Morgan fingerprint density at radius 2 is 1.74 bits per heavy atom. The molecule has 0 spiro atoms. The fourth-order valence-corrected chi connectivity index (χ4v) is 9.05. The molecule has 3 N–H and O–H groups in total. The van der Waals surface area contributed by atoms with Crippen molar-refractivity contribution in [2.75, 3.05) is 36.4 Å². The molecule has 2 atom stereocenters. The molecular formula is C42H39Cl2N7O2. The van der Waals surface area contributed by atoms with Crippen LogP contribution in [0.3, 0.4) is 0 Å². The molecule has 0 radical (unpaired) electrons. The molecule has 0 bridgehead atoms. The van der Waals surface area contributed by atoms with Gasteiger partial charge in [0.15, 0.2) is 5.82 Å². The summed E-state index contributed by atoms with van der Waals surface area (Å²) in [6.45, 7) is 5.14. The van der Waals surface area contributed by atoms with E-state index in [1.165, 1.54) is 5.57 Å². The van der Waals surface area contributed by atoms with E-state index in [-0.39, 0.29) is 29.9 Å². The van der Waals surface area contributed by atoms with E-state index >= 15 is 0 Å². The van der Waals surface area contributed by atoms with E-state index in [0.29, 0.717) is 28.0 Å². The summed E-state index contributed by atoms with van der Waals surface area (Å²) >= 11 is 13.3. The first-order chi connectivity index (χ1) is 25.9. The van der Waals surface area contributed by atoms with Gasteiger partial charge in [-0.05, 0) is 83.8 Å². The molecule has 11 heteroatoms. The number of aromatic amines is 1. The maximum Gasteiger partial charge on any atom is 0.317 e. The number of rotatable bonds is 6. The number of nitrogens with one attached hydrogen (secondary N) is 3. The molecule has 268 valence electrons. The molecule has 2 saturated heterocycles. The highest BCUT2D eigenvalue weighted by Gasteiger charge is 2.40. The Hall–Kier alpha value is -5.25. The molecule has 9 rings (SSSR count). The van der Waals surface area contributed by atoms with Gasteiger partial charge in [0.05, 0.1) is 17.4 Å². The SMILES string of the molecule is CC1CC=CN2C(=C1c1ccccc1)c1c(C(=O)Nc3cccnc3N3CCC(N4CCNC4=O)CC3)[nH]c3cc(Cl)cc(c13)C2c1ccc(Cl)cc1. The molecule has 2 unspecified atom stereocenters. The maximum atomic E-state index is 14.8. The summed E-state index contributed by atoms with van der Waals surface area (Å²) in [7, 11) is 0. The molecule has 0 aliphatic carbocycles. The molecule has 5 aromatic rings. The van der Waals surface area contributed by atoms with Crippen molar-refractivity contribution in [1.29, 1.82) is 0 Å². The number of anilines is 2. The van der Waals surface area contributed by atoms with Gasteiger partial charge in [-0.25, -0.2) is 9.78 Å². The number of nitrogens with zero attached hydrogens (tertiary/aromatic N) is 4. The van der Waals surface area contributed by atoms with E-state index in [9.17, 15) is 9.59 Å². The second-order valence-corrected chi connectivity index (χ2v) is 15.1. The lowest BCUT2D eigenvalue weighted by Gasteiger charge is -2.39. The zero-order valence-corrected chi connectivity index (χ0v) is 30.8. The fraction of sp³-hybridized carbons (Fsp3) is 0.262. The van der Waals surface area contributed by atoms with Crippen LogP contribution in [0, 0.1) is 5.92 Å². The van der Waals surface area contributed by atoms with E-state index in [0.717, 1.165) is 83.6 Å². The predicted molar refractivity (Wildman–Crippen MR) is 212 cm³/mol. The monoisotopic (exact) mass is 743 g/mol. The van der Waals surface area contributed by atoms with Gasteiger partial charge >= 0.3 is 6.03 Å². The number of piperidine rings is 1. The van der Waals surface area contributed by atoms with E-state index in [1.54, 1.807) is 6.20 Å². The van der Waals surface area contributed by atoms with Gasteiger partial charge in [-0.3, -0.25) is 4.79 Å². The number of allylic oxidation sites excluding steroid dienone is 2. The summed E-state index contributed by atoms with van der Waals surface area (Å²) in [5.74, 6) is 0.619. The van der Waals surface area contributed by atoms with Crippen LogP contribution in [0.2, 0.25) is 10.0 Å². The van der Waals surface area contributed by atoms with Crippen molar-refractivity contribution in [1.82, 2.24) is 25.1 Å². The van der Waals surface area contributed by atoms with Crippen molar-refractivity contribution >= 4 is 68.8 Å². The Kier molecular flexibility index (Phi) is 8.63. The molecule has 2 aromatic heterocycles. The second-order valence-electron chi connectivity index (χ2n) is 14.3. The normalized spacial score (nSPS) is 20.1. The lowest BCUT2D eigenvalue weighted by atomic mass is 9.82. The Morgan fingerprint density at radius 3 is 2.49 bits per heavy atom. The highest BCUT2D eigenvalue weighted by Crippen LogP contribution is 2.53. The van der Waals surface area contributed by atoms with E-state index in [1.807, 2.05) is 47.4 Å². The van der Waals surface area contributed by atoms with E-state index < -0.39 is 0 Å². The first kappa shape index (κ1) is 33.6. The van der Waals surface area contributed by atoms with Crippen LogP contribution >= 0.6 is 23.2 Å². The number of pyridine rings is 1. The smallest absolute Gasteiger partial charge is 0.317 e. The zero-order valence-electron chi connectivity index (χ0n) is 29.3. The molecule has 9 nitrogen and oxygen atoms in total. The molecule has 3 aromatic carbocycles. The number of carbonyl (C=O) groups excluding carboxylic acids is 2. The molecule has 53 heavy (non-hydrogen) atoms. The Labute approximate surface area is 318 Å². The summed E-state index contributed by atoms with van der Waals surface area (Å²) in [4.78, 5) is 41.9. The third-order valence-corrected chi connectivity index (χ3v) is 11.6. The van der Waals surface area contributed by atoms with Crippen LogP contribution in [0.25, 0.3) is 22.2 Å². The Balaban J connectivity index is 1.17. The number of carbonyl (C=O) groups is 2. The van der Waals surface area contributed by atoms with Gasteiger partial charge in [-0.1, -0.05) is 78.7 Å².